The third kappa shape index (κ3) is 3.67. The minimum Gasteiger partial charge on any atom is -0.310 e. The first-order valence-electron chi connectivity index (χ1n) is 7.52. The van der Waals surface area contributed by atoms with Crippen molar-refractivity contribution >= 4 is 45.0 Å². The van der Waals surface area contributed by atoms with Gasteiger partial charge in [-0.25, -0.2) is 4.98 Å². The van der Waals surface area contributed by atoms with Gasteiger partial charge in [-0.3, -0.25) is 18.8 Å². The van der Waals surface area contributed by atoms with E-state index < -0.39 is 0 Å². The quantitative estimate of drug-likeness (QED) is 0.406. The van der Waals surface area contributed by atoms with Gasteiger partial charge in [-0.15, -0.1) is 17.9 Å². The summed E-state index contributed by atoms with van der Waals surface area (Å²) in [5.41, 5.74) is 0.714. The Kier molecular flexibility index (Phi) is 5.05. The van der Waals surface area contributed by atoms with Crippen molar-refractivity contribution in [3.8, 4) is 0 Å². The second-order valence-electron chi connectivity index (χ2n) is 5.37. The summed E-state index contributed by atoms with van der Waals surface area (Å²) in [4.78, 5) is 29.9. The molecule has 3 heterocycles. The number of carbonyl (C=O) groups excluding carboxylic acids is 1. The fourth-order valence-electron chi connectivity index (χ4n) is 2.37. The van der Waals surface area contributed by atoms with E-state index in [1.54, 1.807) is 29.9 Å². The third-order valence-corrected chi connectivity index (χ3v) is 5.24. The van der Waals surface area contributed by atoms with Crippen molar-refractivity contribution in [2.45, 2.75) is 18.6 Å². The van der Waals surface area contributed by atoms with Crippen LogP contribution in [0.4, 0.5) is 5.82 Å². The van der Waals surface area contributed by atoms with E-state index in [0.29, 0.717) is 27.7 Å². The van der Waals surface area contributed by atoms with Crippen LogP contribution in [0.15, 0.2) is 40.1 Å². The van der Waals surface area contributed by atoms with E-state index in [0.717, 1.165) is 5.69 Å². The van der Waals surface area contributed by atoms with E-state index in [2.05, 4.69) is 22.0 Å². The lowest BCUT2D eigenvalue weighted by Gasteiger charge is -2.10. The molecule has 130 valence electrons. The topological polar surface area (TPSA) is 81.8 Å². The van der Waals surface area contributed by atoms with Gasteiger partial charge in [0.25, 0.3) is 5.56 Å². The van der Waals surface area contributed by atoms with Gasteiger partial charge in [-0.2, -0.15) is 5.10 Å². The van der Waals surface area contributed by atoms with Gasteiger partial charge in [0.05, 0.1) is 16.8 Å². The number of aromatic nitrogens is 4. The van der Waals surface area contributed by atoms with Crippen LogP contribution in [0.1, 0.15) is 5.69 Å². The van der Waals surface area contributed by atoms with Gasteiger partial charge < -0.3 is 5.32 Å². The zero-order valence-electron chi connectivity index (χ0n) is 13.9. The number of allylic oxidation sites excluding steroid dienone is 1. The number of hydrogen-bond acceptors (Lipinski definition) is 6. The predicted molar refractivity (Wildman–Crippen MR) is 101 cm³/mol. The number of aryl methyl sites for hydroxylation is 2. The second-order valence-corrected chi connectivity index (χ2v) is 7.21. The normalized spacial score (nSPS) is 11.0. The molecule has 3 aromatic heterocycles. The van der Waals surface area contributed by atoms with Gasteiger partial charge in [0, 0.05) is 19.7 Å². The Bertz CT molecular complexity index is 1000. The SMILES string of the molecule is C=CCn1c(SCC(=O)Nc2cc(C)nn2C)nc2sccc2c1=O. The summed E-state index contributed by atoms with van der Waals surface area (Å²) in [6, 6.07) is 3.56. The molecule has 3 rings (SSSR count). The zero-order chi connectivity index (χ0) is 18.0. The van der Waals surface area contributed by atoms with Crippen LogP contribution in [0.3, 0.4) is 0 Å². The Morgan fingerprint density at radius 2 is 2.32 bits per heavy atom. The Balaban J connectivity index is 1.79. The fourth-order valence-corrected chi connectivity index (χ4v) is 3.98. The van der Waals surface area contributed by atoms with Crippen LogP contribution in [0, 0.1) is 6.92 Å². The summed E-state index contributed by atoms with van der Waals surface area (Å²) in [5, 5.41) is 9.93. The lowest BCUT2D eigenvalue weighted by Crippen LogP contribution is -2.23. The number of thiophene rings is 1. The van der Waals surface area contributed by atoms with Crippen LogP contribution in [0.5, 0.6) is 0 Å². The van der Waals surface area contributed by atoms with Crippen LogP contribution in [-0.4, -0.2) is 31.0 Å². The van der Waals surface area contributed by atoms with E-state index in [-0.39, 0.29) is 17.2 Å². The van der Waals surface area contributed by atoms with E-state index in [4.69, 9.17) is 0 Å². The first-order chi connectivity index (χ1) is 12.0. The lowest BCUT2D eigenvalue weighted by atomic mass is 10.4. The molecule has 1 amide bonds. The first-order valence-corrected chi connectivity index (χ1v) is 9.38. The molecule has 0 atom stereocenters. The standard InChI is InChI=1S/C16H17N5O2S2/c1-4-6-21-15(23)11-5-7-24-14(11)18-16(21)25-9-13(22)17-12-8-10(2)19-20(12)3/h4-5,7-8H,1,6,9H2,2-3H3,(H,17,22). The molecule has 0 radical (unpaired) electrons. The van der Waals surface area contributed by atoms with Crippen molar-refractivity contribution in [1.29, 1.82) is 0 Å². The molecule has 0 aliphatic heterocycles. The molecular weight excluding hydrogens is 358 g/mol. The molecule has 0 bridgehead atoms. The monoisotopic (exact) mass is 375 g/mol. The van der Waals surface area contributed by atoms with Crippen LogP contribution in [-0.2, 0) is 18.4 Å². The van der Waals surface area contributed by atoms with Gasteiger partial charge in [-0.05, 0) is 18.4 Å². The van der Waals surface area contributed by atoms with Gasteiger partial charge in [-0.1, -0.05) is 17.8 Å². The highest BCUT2D eigenvalue weighted by atomic mass is 32.2. The van der Waals surface area contributed by atoms with E-state index in [9.17, 15) is 9.59 Å². The molecule has 25 heavy (non-hydrogen) atoms. The minimum atomic E-state index is -0.182. The van der Waals surface area contributed by atoms with Crippen molar-refractivity contribution in [3.05, 3.63) is 46.2 Å². The largest absolute Gasteiger partial charge is 0.310 e. The summed E-state index contributed by atoms with van der Waals surface area (Å²) >= 11 is 2.64. The number of fused-ring (bicyclic) bond motifs is 1. The molecule has 0 aliphatic rings. The molecule has 0 aliphatic carbocycles. The van der Waals surface area contributed by atoms with Gasteiger partial charge >= 0.3 is 0 Å². The average molecular weight is 375 g/mol. The summed E-state index contributed by atoms with van der Waals surface area (Å²) in [6.45, 7) is 5.90. The lowest BCUT2D eigenvalue weighted by molar-refractivity contribution is -0.113. The summed E-state index contributed by atoms with van der Waals surface area (Å²) in [5.74, 6) is 0.594. The highest BCUT2D eigenvalue weighted by molar-refractivity contribution is 7.99. The van der Waals surface area contributed by atoms with Gasteiger partial charge in [0.1, 0.15) is 10.6 Å². The molecule has 7 nitrogen and oxygen atoms in total. The predicted octanol–water partition coefficient (Wildman–Crippen LogP) is 2.42. The number of anilines is 1. The number of carbonyl (C=O) groups is 1. The number of nitrogens with one attached hydrogen (secondary N) is 1. The zero-order valence-corrected chi connectivity index (χ0v) is 15.5. The Morgan fingerprint density at radius 3 is 3.00 bits per heavy atom. The highest BCUT2D eigenvalue weighted by Crippen LogP contribution is 2.21. The molecule has 9 heteroatoms. The van der Waals surface area contributed by atoms with Gasteiger partial charge in [0.2, 0.25) is 5.91 Å². The number of nitrogens with zero attached hydrogens (tertiary/aromatic N) is 4. The third-order valence-electron chi connectivity index (χ3n) is 3.46. The Morgan fingerprint density at radius 1 is 1.52 bits per heavy atom. The van der Waals surface area contributed by atoms with E-state index in [1.165, 1.54) is 27.7 Å². The molecule has 0 spiro atoms. The van der Waals surface area contributed by atoms with Crippen LogP contribution in [0.25, 0.3) is 10.2 Å². The van der Waals surface area contributed by atoms with Crippen LogP contribution < -0.4 is 10.9 Å². The minimum absolute atomic E-state index is 0.115. The Hall–Kier alpha value is -2.39. The van der Waals surface area contributed by atoms with E-state index in [1.807, 2.05) is 12.3 Å². The molecule has 0 aromatic carbocycles. The maximum atomic E-state index is 12.5. The van der Waals surface area contributed by atoms with Crippen molar-refractivity contribution in [2.24, 2.45) is 7.05 Å². The molecule has 0 unspecified atom stereocenters. The highest BCUT2D eigenvalue weighted by Gasteiger charge is 2.14. The summed E-state index contributed by atoms with van der Waals surface area (Å²) < 4.78 is 3.15. The van der Waals surface area contributed by atoms with Crippen molar-refractivity contribution in [2.75, 3.05) is 11.1 Å². The number of rotatable bonds is 6. The van der Waals surface area contributed by atoms with Crippen molar-refractivity contribution < 1.29 is 4.79 Å². The fraction of sp³-hybridized carbons (Fsp3) is 0.250. The second kappa shape index (κ2) is 7.24. The molecule has 3 aromatic rings. The molecule has 0 saturated heterocycles. The van der Waals surface area contributed by atoms with E-state index >= 15 is 0 Å². The van der Waals surface area contributed by atoms with Crippen LogP contribution in [0.2, 0.25) is 0 Å². The Labute approximate surface area is 152 Å². The van der Waals surface area contributed by atoms with Crippen LogP contribution >= 0.6 is 23.1 Å². The summed E-state index contributed by atoms with van der Waals surface area (Å²) in [7, 11) is 1.77. The average Bonchev–Trinajstić information content (AvgIpc) is 3.15. The van der Waals surface area contributed by atoms with Crippen molar-refractivity contribution in [3.63, 3.8) is 0 Å². The smallest absolute Gasteiger partial charge is 0.263 e. The number of amides is 1. The molecule has 0 saturated carbocycles. The summed E-state index contributed by atoms with van der Waals surface area (Å²) in [6.07, 6.45) is 1.64. The number of thioether (sulfide) groups is 1. The maximum Gasteiger partial charge on any atom is 0.263 e. The molecular formula is C16H17N5O2S2. The maximum absolute atomic E-state index is 12.5. The molecule has 0 fully saturated rings. The number of hydrogen-bond donors (Lipinski definition) is 1. The van der Waals surface area contributed by atoms with Crippen molar-refractivity contribution in [1.82, 2.24) is 19.3 Å². The first kappa shape index (κ1) is 17.4. The molecule has 1 N–H and O–H groups in total. The van der Waals surface area contributed by atoms with Gasteiger partial charge in [0.15, 0.2) is 5.16 Å².